The Kier molecular flexibility index (Phi) is 5.58. The summed E-state index contributed by atoms with van der Waals surface area (Å²) in [5, 5.41) is 2.96. The van der Waals surface area contributed by atoms with Crippen molar-refractivity contribution < 1.29 is 9.18 Å². The first-order chi connectivity index (χ1) is 12.2. The molecule has 1 atom stereocenters. The van der Waals surface area contributed by atoms with Crippen LogP contribution in [0.3, 0.4) is 0 Å². The largest absolute Gasteiger partial charge is 0.372 e. The Morgan fingerprint density at radius 2 is 2.16 bits per heavy atom. The summed E-state index contributed by atoms with van der Waals surface area (Å²) in [5.74, 6) is 0.789. The maximum Gasteiger partial charge on any atom is 0.253 e. The lowest BCUT2D eigenvalue weighted by molar-refractivity contribution is 0.0759. The maximum atomic E-state index is 13.3. The highest BCUT2D eigenvalue weighted by Gasteiger charge is 2.22. The molecular formula is C19H23FN4O. The van der Waals surface area contributed by atoms with Crippen LogP contribution < -0.4 is 5.32 Å². The minimum Gasteiger partial charge on any atom is -0.372 e. The molecule has 2 aromatic rings. The van der Waals surface area contributed by atoms with Gasteiger partial charge in [0.15, 0.2) is 0 Å². The van der Waals surface area contributed by atoms with Gasteiger partial charge in [0.25, 0.3) is 5.91 Å². The average Bonchev–Trinajstić information content (AvgIpc) is 2.87. The predicted octanol–water partition coefficient (Wildman–Crippen LogP) is 3.14. The van der Waals surface area contributed by atoms with E-state index in [0.717, 1.165) is 43.7 Å². The lowest BCUT2D eigenvalue weighted by Crippen LogP contribution is -2.32. The Labute approximate surface area is 147 Å². The number of aromatic nitrogens is 2. The van der Waals surface area contributed by atoms with Crippen LogP contribution in [0.15, 0.2) is 36.7 Å². The van der Waals surface area contributed by atoms with E-state index in [0.29, 0.717) is 18.0 Å². The molecule has 25 heavy (non-hydrogen) atoms. The number of rotatable bonds is 4. The van der Waals surface area contributed by atoms with Crippen LogP contribution in [0.4, 0.5) is 10.2 Å². The second kappa shape index (κ2) is 8.05. The molecule has 0 saturated carbocycles. The van der Waals surface area contributed by atoms with Gasteiger partial charge in [0.1, 0.15) is 11.6 Å². The minimum absolute atomic E-state index is 0.0849. The summed E-state index contributed by atoms with van der Waals surface area (Å²) in [5.41, 5.74) is 1.40. The summed E-state index contributed by atoms with van der Waals surface area (Å²) >= 11 is 0. The third-order valence-electron chi connectivity index (χ3n) is 4.67. The molecule has 1 N–H and O–H groups in total. The predicted molar refractivity (Wildman–Crippen MR) is 94.9 cm³/mol. The zero-order chi connectivity index (χ0) is 17.6. The van der Waals surface area contributed by atoms with E-state index in [2.05, 4.69) is 15.3 Å². The molecular weight excluding hydrogens is 319 g/mol. The number of carbonyl (C=O) groups is 1. The monoisotopic (exact) mass is 342 g/mol. The lowest BCUT2D eigenvalue weighted by Gasteiger charge is -2.20. The van der Waals surface area contributed by atoms with Gasteiger partial charge >= 0.3 is 0 Å². The maximum absolute atomic E-state index is 13.3. The number of carbonyl (C=O) groups excluding carboxylic acids is 1. The Morgan fingerprint density at radius 3 is 2.88 bits per heavy atom. The van der Waals surface area contributed by atoms with Gasteiger partial charge in [0.05, 0.1) is 18.1 Å². The molecule has 0 radical (unpaired) electrons. The Hall–Kier alpha value is -2.50. The highest BCUT2D eigenvalue weighted by molar-refractivity contribution is 5.94. The van der Waals surface area contributed by atoms with Gasteiger partial charge in [-0.15, -0.1) is 0 Å². The fourth-order valence-corrected chi connectivity index (χ4v) is 3.26. The van der Waals surface area contributed by atoms with Crippen LogP contribution in [-0.2, 0) is 6.42 Å². The molecule has 0 unspecified atom stereocenters. The summed E-state index contributed by atoms with van der Waals surface area (Å²) in [6.07, 6.45) is 7.36. The molecule has 1 saturated heterocycles. The van der Waals surface area contributed by atoms with E-state index in [1.165, 1.54) is 12.1 Å². The first-order valence-corrected chi connectivity index (χ1v) is 8.69. The number of amides is 1. The molecule has 1 amide bonds. The van der Waals surface area contributed by atoms with Gasteiger partial charge in [-0.3, -0.25) is 9.78 Å². The fraction of sp³-hybridized carbons (Fsp3) is 0.421. The zero-order valence-corrected chi connectivity index (χ0v) is 14.4. The summed E-state index contributed by atoms with van der Waals surface area (Å²) in [7, 11) is 1.82. The van der Waals surface area contributed by atoms with E-state index in [4.69, 9.17) is 0 Å². The molecule has 0 aliphatic carbocycles. The van der Waals surface area contributed by atoms with Crippen LogP contribution in [0, 0.1) is 11.7 Å². The van der Waals surface area contributed by atoms with Crippen molar-refractivity contribution in [3.63, 3.8) is 0 Å². The second-order valence-corrected chi connectivity index (χ2v) is 6.45. The molecule has 1 aliphatic heterocycles. The van der Waals surface area contributed by atoms with Gasteiger partial charge in [-0.1, -0.05) is 6.07 Å². The quantitative estimate of drug-likeness (QED) is 0.927. The first-order valence-electron chi connectivity index (χ1n) is 8.69. The molecule has 132 valence electrons. The van der Waals surface area contributed by atoms with E-state index < -0.39 is 0 Å². The van der Waals surface area contributed by atoms with Gasteiger partial charge in [-0.25, -0.2) is 9.37 Å². The summed E-state index contributed by atoms with van der Waals surface area (Å²) in [6, 6.07) is 5.92. The van der Waals surface area contributed by atoms with Crippen LogP contribution in [0.2, 0.25) is 0 Å². The number of nitrogens with one attached hydrogen (secondary N) is 1. The third kappa shape index (κ3) is 4.53. The summed E-state index contributed by atoms with van der Waals surface area (Å²) in [6.45, 7) is 1.41. The van der Waals surface area contributed by atoms with E-state index in [1.54, 1.807) is 18.3 Å². The number of hydrogen-bond acceptors (Lipinski definition) is 4. The van der Waals surface area contributed by atoms with Crippen LogP contribution in [0.5, 0.6) is 0 Å². The molecule has 0 bridgehead atoms. The van der Waals surface area contributed by atoms with Crippen molar-refractivity contribution in [3.05, 3.63) is 53.7 Å². The van der Waals surface area contributed by atoms with Gasteiger partial charge in [-0.2, -0.15) is 0 Å². The smallest absolute Gasteiger partial charge is 0.253 e. The van der Waals surface area contributed by atoms with Crippen molar-refractivity contribution in [1.82, 2.24) is 14.9 Å². The normalized spacial score (nSPS) is 17.8. The van der Waals surface area contributed by atoms with Gasteiger partial charge in [0, 0.05) is 25.7 Å². The number of anilines is 1. The molecule has 0 spiro atoms. The molecule has 1 fully saturated rings. The summed E-state index contributed by atoms with van der Waals surface area (Å²) < 4.78 is 13.3. The number of nitrogens with zero attached hydrogens (tertiary/aromatic N) is 3. The Bertz CT molecular complexity index is 720. The number of likely N-dealkylation sites (tertiary alicyclic amines) is 1. The van der Waals surface area contributed by atoms with Crippen LogP contribution in [-0.4, -0.2) is 40.9 Å². The molecule has 1 aromatic heterocycles. The van der Waals surface area contributed by atoms with Crippen molar-refractivity contribution in [1.29, 1.82) is 0 Å². The van der Waals surface area contributed by atoms with E-state index >= 15 is 0 Å². The van der Waals surface area contributed by atoms with Gasteiger partial charge < -0.3 is 10.2 Å². The highest BCUT2D eigenvalue weighted by Crippen LogP contribution is 2.22. The molecule has 6 heteroatoms. The standard InChI is InChI=1S/C19H23FN4O/c1-21-18-13-22-17(12-23-18)10-14-4-3-8-24(9-7-14)19(25)15-5-2-6-16(20)11-15/h2,5-6,11-14H,3-4,7-10H2,1H3,(H,21,23)/t14-/m1/s1. The van der Waals surface area contributed by atoms with E-state index in [1.807, 2.05) is 18.1 Å². The minimum atomic E-state index is -0.373. The third-order valence-corrected chi connectivity index (χ3v) is 4.67. The van der Waals surface area contributed by atoms with Crippen molar-refractivity contribution in [3.8, 4) is 0 Å². The SMILES string of the molecule is CNc1cnc(C[C@@H]2CCCN(C(=O)c3cccc(F)c3)CC2)cn1. The molecule has 1 aliphatic rings. The Morgan fingerprint density at radius 1 is 1.28 bits per heavy atom. The topological polar surface area (TPSA) is 58.1 Å². The number of benzene rings is 1. The second-order valence-electron chi connectivity index (χ2n) is 6.45. The van der Waals surface area contributed by atoms with Crippen molar-refractivity contribution in [2.45, 2.75) is 25.7 Å². The van der Waals surface area contributed by atoms with Crippen molar-refractivity contribution in [2.24, 2.45) is 5.92 Å². The highest BCUT2D eigenvalue weighted by atomic mass is 19.1. The average molecular weight is 342 g/mol. The van der Waals surface area contributed by atoms with Crippen molar-refractivity contribution >= 4 is 11.7 Å². The summed E-state index contributed by atoms with van der Waals surface area (Å²) in [4.78, 5) is 23.2. The Balaban J connectivity index is 1.59. The lowest BCUT2D eigenvalue weighted by atomic mass is 9.95. The number of halogens is 1. The van der Waals surface area contributed by atoms with Crippen LogP contribution >= 0.6 is 0 Å². The van der Waals surface area contributed by atoms with E-state index in [9.17, 15) is 9.18 Å². The first kappa shape index (κ1) is 17.3. The molecule has 3 rings (SSSR count). The molecule has 1 aromatic carbocycles. The van der Waals surface area contributed by atoms with Crippen molar-refractivity contribution in [2.75, 3.05) is 25.5 Å². The fourth-order valence-electron chi connectivity index (χ4n) is 3.26. The molecule has 5 nitrogen and oxygen atoms in total. The molecule has 2 heterocycles. The number of hydrogen-bond donors (Lipinski definition) is 1. The van der Waals surface area contributed by atoms with E-state index in [-0.39, 0.29) is 11.7 Å². The van der Waals surface area contributed by atoms with Crippen LogP contribution in [0.1, 0.15) is 35.3 Å². The van der Waals surface area contributed by atoms with Gasteiger partial charge in [0.2, 0.25) is 0 Å². The van der Waals surface area contributed by atoms with Crippen LogP contribution in [0.25, 0.3) is 0 Å². The zero-order valence-electron chi connectivity index (χ0n) is 14.4. The van der Waals surface area contributed by atoms with Gasteiger partial charge in [-0.05, 0) is 49.8 Å².